The fourth-order valence-electron chi connectivity index (χ4n) is 3.30. The molecule has 33 heavy (non-hydrogen) atoms. The van der Waals surface area contributed by atoms with Crippen molar-refractivity contribution in [2.75, 3.05) is 5.32 Å². The summed E-state index contributed by atoms with van der Waals surface area (Å²) in [4.78, 5) is 12.9. The number of aromatic nitrogens is 3. The molecule has 0 aliphatic carbocycles. The van der Waals surface area contributed by atoms with Crippen LogP contribution in [0.4, 0.5) is 10.1 Å². The average Bonchev–Trinajstić information content (AvgIpc) is 3.37. The number of carbonyl (C=O) groups is 1. The monoisotopic (exact) mass is 468 g/mol. The molecule has 0 spiro atoms. The van der Waals surface area contributed by atoms with Crippen molar-refractivity contribution in [1.82, 2.24) is 14.9 Å². The van der Waals surface area contributed by atoms with Crippen LogP contribution < -0.4 is 10.1 Å². The lowest BCUT2D eigenvalue weighted by atomic mass is 10.1. The van der Waals surface area contributed by atoms with Gasteiger partial charge in [0, 0.05) is 11.2 Å². The predicted molar refractivity (Wildman–Crippen MR) is 122 cm³/mol. The normalized spacial score (nSPS) is 10.9. The minimum Gasteiger partial charge on any atom is -0.488 e. The molecule has 0 aliphatic heterocycles. The van der Waals surface area contributed by atoms with E-state index >= 15 is 0 Å². The van der Waals surface area contributed by atoms with E-state index in [1.165, 1.54) is 18.3 Å². The van der Waals surface area contributed by atoms with Gasteiger partial charge in [0.15, 0.2) is 5.69 Å². The zero-order chi connectivity index (χ0) is 23.5. The molecule has 1 amide bonds. The highest BCUT2D eigenvalue weighted by Gasteiger charge is 2.21. The molecular formula is C24H22ClFN4O3. The zero-order valence-corrected chi connectivity index (χ0v) is 19.1. The van der Waals surface area contributed by atoms with Gasteiger partial charge in [0.05, 0.1) is 24.0 Å². The molecule has 7 nitrogen and oxygen atoms in total. The van der Waals surface area contributed by atoms with E-state index in [2.05, 4.69) is 15.6 Å². The van der Waals surface area contributed by atoms with Crippen LogP contribution in [0.3, 0.4) is 0 Å². The van der Waals surface area contributed by atoms with Crippen LogP contribution in [0.15, 0.2) is 53.3 Å². The third-order valence-electron chi connectivity index (χ3n) is 5.37. The summed E-state index contributed by atoms with van der Waals surface area (Å²) < 4.78 is 26.0. The number of carbonyl (C=O) groups excluding carboxylic acids is 1. The van der Waals surface area contributed by atoms with Crippen molar-refractivity contribution < 1.29 is 18.4 Å². The second-order valence-electron chi connectivity index (χ2n) is 7.67. The van der Waals surface area contributed by atoms with E-state index in [1.54, 1.807) is 23.9 Å². The maximum atomic E-state index is 13.2. The Labute approximate surface area is 195 Å². The molecule has 0 aliphatic rings. The molecule has 0 bridgehead atoms. The van der Waals surface area contributed by atoms with Gasteiger partial charge in [-0.1, -0.05) is 35.0 Å². The van der Waals surface area contributed by atoms with Crippen LogP contribution >= 0.6 is 11.6 Å². The Kier molecular flexibility index (Phi) is 6.46. The largest absolute Gasteiger partial charge is 0.488 e. The molecule has 2 aromatic heterocycles. The minimum atomic E-state index is -0.439. The summed E-state index contributed by atoms with van der Waals surface area (Å²) in [6.45, 7) is 6.19. The molecule has 4 aromatic rings. The molecule has 0 radical (unpaired) electrons. The molecule has 0 unspecified atom stereocenters. The van der Waals surface area contributed by atoms with Gasteiger partial charge in [-0.2, -0.15) is 5.10 Å². The highest BCUT2D eigenvalue weighted by molar-refractivity contribution is 6.31. The van der Waals surface area contributed by atoms with Gasteiger partial charge in [-0.25, -0.2) is 4.39 Å². The summed E-state index contributed by atoms with van der Waals surface area (Å²) in [5.41, 5.74) is 4.04. The van der Waals surface area contributed by atoms with Crippen LogP contribution in [-0.2, 0) is 13.2 Å². The molecule has 2 aromatic carbocycles. The highest BCUT2D eigenvalue weighted by atomic mass is 35.5. The number of hydrogen-bond acceptors (Lipinski definition) is 5. The van der Waals surface area contributed by atoms with Crippen LogP contribution in [0.5, 0.6) is 5.75 Å². The minimum absolute atomic E-state index is 0.144. The third-order valence-corrected chi connectivity index (χ3v) is 5.72. The van der Waals surface area contributed by atoms with E-state index in [1.807, 2.05) is 32.0 Å². The third kappa shape index (κ3) is 5.06. The predicted octanol–water partition coefficient (Wildman–Crippen LogP) is 5.47. The summed E-state index contributed by atoms with van der Waals surface area (Å²) in [6.07, 6.45) is 3.16. The fourth-order valence-corrected chi connectivity index (χ4v) is 3.53. The van der Waals surface area contributed by atoms with Crippen LogP contribution in [0.25, 0.3) is 0 Å². The lowest BCUT2D eigenvalue weighted by Gasteiger charge is -2.11. The van der Waals surface area contributed by atoms with Crippen LogP contribution in [0, 0.1) is 26.6 Å². The number of benzene rings is 2. The van der Waals surface area contributed by atoms with Crippen LogP contribution in [0.1, 0.15) is 38.5 Å². The average molecular weight is 469 g/mol. The molecule has 4 rings (SSSR count). The smallest absolute Gasteiger partial charge is 0.278 e. The van der Waals surface area contributed by atoms with Gasteiger partial charge in [-0.05, 0) is 55.7 Å². The molecule has 170 valence electrons. The lowest BCUT2D eigenvalue weighted by molar-refractivity contribution is 0.101. The van der Waals surface area contributed by atoms with E-state index in [0.29, 0.717) is 34.1 Å². The number of rotatable bonds is 7. The first-order valence-corrected chi connectivity index (χ1v) is 10.6. The maximum absolute atomic E-state index is 13.2. The molecule has 0 saturated heterocycles. The molecule has 1 N–H and O–H groups in total. The summed E-state index contributed by atoms with van der Waals surface area (Å²) in [5.74, 6) is 0.401. The molecular weight excluding hydrogens is 447 g/mol. The first-order valence-electron chi connectivity index (χ1n) is 10.2. The summed E-state index contributed by atoms with van der Waals surface area (Å²) in [6, 6.07) is 9.99. The number of hydrogen-bond donors (Lipinski definition) is 1. The summed E-state index contributed by atoms with van der Waals surface area (Å²) >= 11 is 6.08. The van der Waals surface area contributed by atoms with Gasteiger partial charge in [0.2, 0.25) is 0 Å². The van der Waals surface area contributed by atoms with E-state index in [9.17, 15) is 9.18 Å². The Balaban J connectivity index is 1.45. The first kappa shape index (κ1) is 22.5. The standard InChI is InChI=1S/C24H22ClFN4O3/c1-14-5-4-6-22(15(14)2)32-13-20-16(3)33-29-23(20)24(31)28-19-10-27-30(12-19)11-17-7-8-18(26)9-21(17)25/h4-10,12H,11,13H2,1-3H3,(H,28,31). The first-order chi connectivity index (χ1) is 15.8. The van der Waals surface area contributed by atoms with Crippen molar-refractivity contribution in [3.05, 3.63) is 93.3 Å². The second kappa shape index (κ2) is 9.46. The van der Waals surface area contributed by atoms with Crippen molar-refractivity contribution in [1.29, 1.82) is 0 Å². The maximum Gasteiger partial charge on any atom is 0.278 e. The van der Waals surface area contributed by atoms with Gasteiger partial charge in [0.1, 0.15) is 23.9 Å². The topological polar surface area (TPSA) is 82.2 Å². The van der Waals surface area contributed by atoms with Gasteiger partial charge >= 0.3 is 0 Å². The van der Waals surface area contributed by atoms with Crippen molar-refractivity contribution in [3.8, 4) is 5.75 Å². The number of nitrogens with one attached hydrogen (secondary N) is 1. The Morgan fingerprint density at radius 2 is 2.06 bits per heavy atom. The number of ether oxygens (including phenoxy) is 1. The fraction of sp³-hybridized carbons (Fsp3) is 0.208. The van der Waals surface area contributed by atoms with Crippen molar-refractivity contribution in [2.24, 2.45) is 0 Å². The van der Waals surface area contributed by atoms with Gasteiger partial charge in [-0.3, -0.25) is 9.48 Å². The number of aryl methyl sites for hydroxylation is 2. The quantitative estimate of drug-likeness (QED) is 0.389. The van der Waals surface area contributed by atoms with Crippen molar-refractivity contribution >= 4 is 23.2 Å². The van der Waals surface area contributed by atoms with Gasteiger partial charge < -0.3 is 14.6 Å². The van der Waals surface area contributed by atoms with E-state index < -0.39 is 11.7 Å². The summed E-state index contributed by atoms with van der Waals surface area (Å²) in [5, 5.41) is 11.2. The van der Waals surface area contributed by atoms with Crippen LogP contribution in [-0.4, -0.2) is 20.8 Å². The zero-order valence-electron chi connectivity index (χ0n) is 18.4. The van der Waals surface area contributed by atoms with E-state index in [0.717, 1.165) is 16.9 Å². The highest BCUT2D eigenvalue weighted by Crippen LogP contribution is 2.24. The van der Waals surface area contributed by atoms with Gasteiger partial charge in [0.25, 0.3) is 5.91 Å². The molecule has 2 heterocycles. The number of anilines is 1. The molecule has 0 atom stereocenters. The SMILES string of the molecule is Cc1cccc(OCc2c(C(=O)Nc3cnn(Cc4ccc(F)cc4Cl)c3)noc2C)c1C. The Morgan fingerprint density at radius 1 is 1.24 bits per heavy atom. The Bertz CT molecular complexity index is 1320. The Morgan fingerprint density at radius 3 is 2.85 bits per heavy atom. The molecule has 9 heteroatoms. The Hall–Kier alpha value is -3.65. The summed E-state index contributed by atoms with van der Waals surface area (Å²) in [7, 11) is 0. The number of halogens is 2. The molecule has 0 fully saturated rings. The van der Waals surface area contributed by atoms with Crippen molar-refractivity contribution in [3.63, 3.8) is 0 Å². The van der Waals surface area contributed by atoms with Gasteiger partial charge in [-0.15, -0.1) is 0 Å². The second-order valence-corrected chi connectivity index (χ2v) is 8.08. The van der Waals surface area contributed by atoms with Crippen LogP contribution in [0.2, 0.25) is 5.02 Å². The van der Waals surface area contributed by atoms with E-state index in [4.69, 9.17) is 20.9 Å². The van der Waals surface area contributed by atoms with Crippen molar-refractivity contribution in [2.45, 2.75) is 33.9 Å². The molecule has 0 saturated carbocycles. The number of nitrogens with zero attached hydrogens (tertiary/aromatic N) is 3. The lowest BCUT2D eigenvalue weighted by Crippen LogP contribution is -2.15. The number of amides is 1. The van der Waals surface area contributed by atoms with E-state index in [-0.39, 0.29) is 12.3 Å².